The lowest BCUT2D eigenvalue weighted by Crippen LogP contribution is -2.22. The molecule has 4 nitrogen and oxygen atoms in total. The van der Waals surface area contributed by atoms with E-state index in [4.69, 9.17) is 5.11 Å². The average molecular weight is 300 g/mol. The van der Waals surface area contributed by atoms with Crippen LogP contribution in [0.2, 0.25) is 0 Å². The minimum Gasteiger partial charge on any atom is -0.481 e. The Morgan fingerprint density at radius 2 is 2.14 bits per heavy atom. The number of carboxylic acids is 1. The molecule has 0 saturated carbocycles. The van der Waals surface area contributed by atoms with Gasteiger partial charge in [-0.15, -0.1) is 11.3 Å². The smallest absolute Gasteiger partial charge is 0.305 e. The number of para-hydroxylation sites is 1. The highest BCUT2D eigenvalue weighted by molar-refractivity contribution is 7.10. The first-order valence-electron chi connectivity index (χ1n) is 6.77. The molecule has 1 aromatic carbocycles. The van der Waals surface area contributed by atoms with Gasteiger partial charge in [0.25, 0.3) is 0 Å². The lowest BCUT2D eigenvalue weighted by molar-refractivity contribution is -0.137. The summed E-state index contributed by atoms with van der Waals surface area (Å²) in [6.07, 6.45) is 2.06. The van der Waals surface area contributed by atoms with Gasteiger partial charge in [0.15, 0.2) is 0 Å². The van der Waals surface area contributed by atoms with Crippen molar-refractivity contribution >= 4 is 28.2 Å². The van der Waals surface area contributed by atoms with Crippen molar-refractivity contribution in [3.8, 4) is 0 Å². The Morgan fingerprint density at radius 3 is 2.90 bits per heavy atom. The van der Waals surface area contributed by atoms with E-state index >= 15 is 0 Å². The number of carbonyl (C=O) groups is 1. The third-order valence-corrected chi connectivity index (χ3v) is 4.47. The van der Waals surface area contributed by atoms with Crippen LogP contribution < -0.4 is 5.32 Å². The first-order valence-corrected chi connectivity index (χ1v) is 7.65. The van der Waals surface area contributed by atoms with Crippen molar-refractivity contribution in [2.75, 3.05) is 0 Å². The Kier molecular flexibility index (Phi) is 4.03. The normalized spacial score (nSPS) is 12.6. The highest BCUT2D eigenvalue weighted by Gasteiger charge is 2.16. The number of aromatic amines is 1. The van der Waals surface area contributed by atoms with Gasteiger partial charge in [-0.05, 0) is 23.1 Å². The second-order valence-corrected chi connectivity index (χ2v) is 5.89. The third kappa shape index (κ3) is 3.15. The largest absolute Gasteiger partial charge is 0.481 e. The zero-order valence-corrected chi connectivity index (χ0v) is 12.2. The molecule has 3 rings (SSSR count). The van der Waals surface area contributed by atoms with E-state index in [1.807, 2.05) is 41.9 Å². The van der Waals surface area contributed by atoms with E-state index in [2.05, 4.69) is 16.4 Å². The van der Waals surface area contributed by atoms with Gasteiger partial charge in [0, 0.05) is 28.5 Å². The molecule has 0 fully saturated rings. The van der Waals surface area contributed by atoms with Crippen LogP contribution in [0.25, 0.3) is 10.9 Å². The van der Waals surface area contributed by atoms with Crippen LogP contribution in [0.15, 0.2) is 48.0 Å². The van der Waals surface area contributed by atoms with Crippen LogP contribution in [0, 0.1) is 0 Å². The summed E-state index contributed by atoms with van der Waals surface area (Å²) in [5, 5.41) is 15.6. The van der Waals surface area contributed by atoms with Gasteiger partial charge in [0.05, 0.1) is 12.5 Å². The number of carboxylic acid groups (broad SMARTS) is 1. The first-order chi connectivity index (χ1) is 10.2. The predicted octanol–water partition coefficient (Wildman–Crippen LogP) is 3.54. The molecular formula is C16H16N2O2S. The molecule has 3 N–H and O–H groups in total. The molecule has 0 aliphatic carbocycles. The summed E-state index contributed by atoms with van der Waals surface area (Å²) in [7, 11) is 0. The number of aromatic nitrogens is 1. The first kappa shape index (κ1) is 13.9. The molecule has 0 aliphatic heterocycles. The molecule has 1 unspecified atom stereocenters. The number of hydrogen-bond acceptors (Lipinski definition) is 3. The number of benzene rings is 1. The minimum absolute atomic E-state index is 0.0862. The average Bonchev–Trinajstić information content (AvgIpc) is 3.13. The Balaban J connectivity index is 1.76. The second kappa shape index (κ2) is 6.11. The number of fused-ring (bicyclic) bond motifs is 1. The van der Waals surface area contributed by atoms with Crippen LogP contribution in [0.3, 0.4) is 0 Å². The quantitative estimate of drug-likeness (QED) is 0.652. The highest BCUT2D eigenvalue weighted by atomic mass is 32.1. The van der Waals surface area contributed by atoms with Crippen molar-refractivity contribution < 1.29 is 9.90 Å². The molecular weight excluding hydrogens is 284 g/mol. The van der Waals surface area contributed by atoms with Gasteiger partial charge in [-0.2, -0.15) is 0 Å². The number of hydrogen-bond donors (Lipinski definition) is 3. The molecule has 0 spiro atoms. The standard InChI is InChI=1S/C16H16N2O2S/c19-16(20)8-14(15-6-3-7-21-15)18-10-11-9-17-13-5-2-1-4-12(11)13/h1-7,9,14,17-18H,8,10H2,(H,19,20). The maximum Gasteiger partial charge on any atom is 0.305 e. The van der Waals surface area contributed by atoms with E-state index in [9.17, 15) is 4.79 Å². The van der Waals surface area contributed by atoms with Gasteiger partial charge in [0.1, 0.15) is 0 Å². The van der Waals surface area contributed by atoms with E-state index in [1.54, 1.807) is 11.3 Å². The molecule has 3 aromatic rings. The van der Waals surface area contributed by atoms with Crippen LogP contribution in [0.5, 0.6) is 0 Å². The van der Waals surface area contributed by atoms with Gasteiger partial charge in [-0.3, -0.25) is 4.79 Å². The lowest BCUT2D eigenvalue weighted by atomic mass is 10.1. The molecule has 108 valence electrons. The van der Waals surface area contributed by atoms with Crippen molar-refractivity contribution in [2.24, 2.45) is 0 Å². The van der Waals surface area contributed by atoms with Crippen molar-refractivity contribution in [3.05, 3.63) is 58.4 Å². The second-order valence-electron chi connectivity index (χ2n) is 4.91. The van der Waals surface area contributed by atoms with Crippen LogP contribution in [0.4, 0.5) is 0 Å². The van der Waals surface area contributed by atoms with E-state index in [0.29, 0.717) is 6.54 Å². The van der Waals surface area contributed by atoms with E-state index in [-0.39, 0.29) is 12.5 Å². The zero-order valence-electron chi connectivity index (χ0n) is 11.4. The fourth-order valence-electron chi connectivity index (χ4n) is 2.45. The van der Waals surface area contributed by atoms with Gasteiger partial charge >= 0.3 is 5.97 Å². The summed E-state index contributed by atoms with van der Waals surface area (Å²) in [6.45, 7) is 0.639. The summed E-state index contributed by atoms with van der Waals surface area (Å²) in [5.41, 5.74) is 2.25. The van der Waals surface area contributed by atoms with Crippen molar-refractivity contribution in [3.63, 3.8) is 0 Å². The molecule has 2 heterocycles. The van der Waals surface area contributed by atoms with Crippen LogP contribution in [0.1, 0.15) is 22.9 Å². The van der Waals surface area contributed by atoms with E-state index in [0.717, 1.165) is 16.0 Å². The van der Waals surface area contributed by atoms with Crippen LogP contribution >= 0.6 is 11.3 Å². The zero-order chi connectivity index (χ0) is 14.7. The van der Waals surface area contributed by atoms with E-state index < -0.39 is 5.97 Å². The third-order valence-electron chi connectivity index (χ3n) is 3.48. The maximum absolute atomic E-state index is 11.0. The molecule has 21 heavy (non-hydrogen) atoms. The topological polar surface area (TPSA) is 65.1 Å². The molecule has 0 radical (unpaired) electrons. The lowest BCUT2D eigenvalue weighted by Gasteiger charge is -2.15. The van der Waals surface area contributed by atoms with E-state index in [1.165, 1.54) is 5.39 Å². The van der Waals surface area contributed by atoms with Gasteiger partial charge in [-0.1, -0.05) is 24.3 Å². The molecule has 0 bridgehead atoms. The summed E-state index contributed by atoms with van der Waals surface area (Å²) in [6, 6.07) is 11.9. The van der Waals surface area contributed by atoms with Crippen molar-refractivity contribution in [1.29, 1.82) is 0 Å². The fraction of sp³-hybridized carbons (Fsp3) is 0.188. The van der Waals surface area contributed by atoms with Crippen LogP contribution in [-0.4, -0.2) is 16.1 Å². The number of rotatable bonds is 6. The monoisotopic (exact) mass is 300 g/mol. The van der Waals surface area contributed by atoms with Gasteiger partial charge < -0.3 is 15.4 Å². The Hall–Kier alpha value is -2.11. The molecule has 1 atom stereocenters. The predicted molar refractivity (Wildman–Crippen MR) is 84.5 cm³/mol. The number of thiophene rings is 1. The minimum atomic E-state index is -0.792. The molecule has 0 saturated heterocycles. The Morgan fingerprint density at radius 1 is 1.29 bits per heavy atom. The summed E-state index contributed by atoms with van der Waals surface area (Å²) < 4.78 is 0. The Bertz CT molecular complexity index is 734. The van der Waals surface area contributed by atoms with Gasteiger partial charge in [-0.25, -0.2) is 0 Å². The highest BCUT2D eigenvalue weighted by Crippen LogP contribution is 2.24. The van der Waals surface area contributed by atoms with Gasteiger partial charge in [0.2, 0.25) is 0 Å². The molecule has 0 amide bonds. The molecule has 2 aromatic heterocycles. The molecule has 5 heteroatoms. The van der Waals surface area contributed by atoms with Crippen molar-refractivity contribution in [1.82, 2.24) is 10.3 Å². The summed E-state index contributed by atoms with van der Waals surface area (Å²) >= 11 is 1.58. The number of nitrogens with one attached hydrogen (secondary N) is 2. The number of H-pyrrole nitrogens is 1. The Labute approximate surface area is 126 Å². The SMILES string of the molecule is O=C(O)CC(NCc1c[nH]c2ccccc12)c1cccs1. The summed E-state index contributed by atoms with van der Waals surface area (Å²) in [4.78, 5) is 15.3. The maximum atomic E-state index is 11.0. The summed E-state index contributed by atoms with van der Waals surface area (Å²) in [5.74, 6) is -0.792. The number of aliphatic carboxylic acids is 1. The molecule has 0 aliphatic rings. The van der Waals surface area contributed by atoms with Crippen LogP contribution in [-0.2, 0) is 11.3 Å². The fourth-order valence-corrected chi connectivity index (χ4v) is 3.25. The van der Waals surface area contributed by atoms with Crippen molar-refractivity contribution in [2.45, 2.75) is 19.0 Å².